The van der Waals surface area contributed by atoms with E-state index >= 15 is 4.39 Å². The predicted molar refractivity (Wildman–Crippen MR) is 127 cm³/mol. The summed E-state index contributed by atoms with van der Waals surface area (Å²) in [5, 5.41) is 12.1. The normalized spacial score (nSPS) is 27.4. The fourth-order valence-electron chi connectivity index (χ4n) is 6.47. The number of aromatic nitrogens is 6. The largest absolute Gasteiger partial charge is 0.370 e. The maximum absolute atomic E-state index is 15.2. The van der Waals surface area contributed by atoms with Crippen LogP contribution in [0, 0.1) is 12.3 Å². The number of nitrogens with zero attached hydrogens (tertiary/aromatic N) is 7. The van der Waals surface area contributed by atoms with Crippen molar-refractivity contribution >= 4 is 11.3 Å². The first-order valence-corrected chi connectivity index (χ1v) is 11.9. The SMILES string of the molecule is CNCC12CC(F)(C1)C2c1ccc2nc(C)c(-n3cc(-c4cncc(N5CCC5)c4)nn3)n2c1. The Morgan fingerprint density at radius 3 is 2.76 bits per heavy atom. The van der Waals surface area contributed by atoms with E-state index in [-0.39, 0.29) is 11.3 Å². The minimum Gasteiger partial charge on any atom is -0.370 e. The van der Waals surface area contributed by atoms with Crippen molar-refractivity contribution in [2.45, 2.75) is 37.8 Å². The Balaban J connectivity index is 1.26. The van der Waals surface area contributed by atoms with Crippen molar-refractivity contribution in [3.8, 4) is 17.1 Å². The van der Waals surface area contributed by atoms with Gasteiger partial charge in [-0.3, -0.25) is 9.38 Å². The molecule has 0 aromatic carbocycles. The summed E-state index contributed by atoms with van der Waals surface area (Å²) in [6.07, 6.45) is 10.2. The third-order valence-electron chi connectivity index (χ3n) is 8.02. The highest BCUT2D eigenvalue weighted by atomic mass is 19.1. The molecule has 3 saturated carbocycles. The summed E-state index contributed by atoms with van der Waals surface area (Å²) in [6.45, 7) is 4.94. The van der Waals surface area contributed by atoms with E-state index in [0.717, 1.165) is 59.3 Å². The molecule has 8 nitrogen and oxygen atoms in total. The summed E-state index contributed by atoms with van der Waals surface area (Å²) in [7, 11) is 1.94. The van der Waals surface area contributed by atoms with E-state index in [0.29, 0.717) is 12.8 Å². The summed E-state index contributed by atoms with van der Waals surface area (Å²) in [6, 6.07) is 6.13. The van der Waals surface area contributed by atoms with Crippen LogP contribution in [0.5, 0.6) is 0 Å². The van der Waals surface area contributed by atoms with Gasteiger partial charge in [-0.05, 0) is 56.3 Å². The van der Waals surface area contributed by atoms with Crippen molar-refractivity contribution in [3.05, 3.63) is 54.2 Å². The molecule has 4 aromatic rings. The second-order valence-electron chi connectivity index (χ2n) is 10.2. The molecule has 1 atom stereocenters. The molecule has 174 valence electrons. The monoisotopic (exact) mass is 458 g/mol. The molecule has 1 unspecified atom stereocenters. The van der Waals surface area contributed by atoms with E-state index in [9.17, 15) is 0 Å². The van der Waals surface area contributed by atoms with Gasteiger partial charge in [0.1, 0.15) is 17.0 Å². The van der Waals surface area contributed by atoms with E-state index < -0.39 is 5.67 Å². The van der Waals surface area contributed by atoms with Crippen molar-refractivity contribution in [1.82, 2.24) is 34.7 Å². The molecule has 1 aliphatic heterocycles. The Morgan fingerprint density at radius 1 is 1.18 bits per heavy atom. The third kappa shape index (κ3) is 2.67. The fourth-order valence-corrected chi connectivity index (χ4v) is 6.47. The third-order valence-corrected chi connectivity index (χ3v) is 8.02. The molecule has 8 rings (SSSR count). The number of nitrogens with one attached hydrogen (secondary N) is 1. The summed E-state index contributed by atoms with van der Waals surface area (Å²) < 4.78 is 19.0. The lowest BCUT2D eigenvalue weighted by molar-refractivity contribution is -0.238. The van der Waals surface area contributed by atoms with Gasteiger partial charge in [0.05, 0.1) is 23.8 Å². The van der Waals surface area contributed by atoms with Crippen LogP contribution in [0.2, 0.25) is 0 Å². The lowest BCUT2D eigenvalue weighted by Gasteiger charge is -2.72. The number of aryl methyl sites for hydroxylation is 1. The fraction of sp³-hybridized carbons (Fsp3) is 0.440. The molecular weight excluding hydrogens is 431 g/mol. The van der Waals surface area contributed by atoms with Gasteiger partial charge < -0.3 is 10.2 Å². The zero-order valence-corrected chi connectivity index (χ0v) is 19.4. The average molecular weight is 459 g/mol. The Bertz CT molecular complexity index is 1410. The summed E-state index contributed by atoms with van der Waals surface area (Å²) in [5.41, 5.74) is 4.45. The molecule has 3 aliphatic carbocycles. The number of fused-ring (bicyclic) bond motifs is 1. The van der Waals surface area contributed by atoms with Crippen LogP contribution >= 0.6 is 0 Å². The molecule has 4 aliphatic rings. The van der Waals surface area contributed by atoms with Crippen molar-refractivity contribution in [3.63, 3.8) is 0 Å². The van der Waals surface area contributed by atoms with Crippen LogP contribution in [-0.2, 0) is 0 Å². The van der Waals surface area contributed by atoms with Crippen molar-refractivity contribution in [1.29, 1.82) is 0 Å². The molecule has 4 fully saturated rings. The number of rotatable bonds is 6. The van der Waals surface area contributed by atoms with Crippen molar-refractivity contribution in [2.24, 2.45) is 5.41 Å². The van der Waals surface area contributed by atoms with Crippen LogP contribution in [0.15, 0.2) is 43.0 Å². The van der Waals surface area contributed by atoms with Gasteiger partial charge in [0, 0.05) is 43.5 Å². The predicted octanol–water partition coefficient (Wildman–Crippen LogP) is 3.30. The molecule has 34 heavy (non-hydrogen) atoms. The Labute approximate surface area is 196 Å². The smallest absolute Gasteiger partial charge is 0.163 e. The number of halogens is 1. The number of hydrogen-bond acceptors (Lipinski definition) is 6. The van der Waals surface area contributed by atoms with Crippen LogP contribution in [0.4, 0.5) is 10.1 Å². The van der Waals surface area contributed by atoms with Gasteiger partial charge >= 0.3 is 0 Å². The molecule has 0 amide bonds. The Kier molecular flexibility index (Phi) is 4.04. The topological polar surface area (TPSA) is 76.2 Å². The number of hydrogen-bond donors (Lipinski definition) is 1. The molecule has 4 aromatic heterocycles. The van der Waals surface area contributed by atoms with Crippen LogP contribution in [0.1, 0.15) is 36.4 Å². The van der Waals surface area contributed by atoms with Gasteiger partial charge in [-0.1, -0.05) is 11.3 Å². The zero-order valence-electron chi connectivity index (χ0n) is 19.4. The number of imidazole rings is 1. The van der Waals surface area contributed by atoms with E-state index in [4.69, 9.17) is 4.98 Å². The maximum Gasteiger partial charge on any atom is 0.163 e. The minimum atomic E-state index is -1.07. The van der Waals surface area contributed by atoms with Gasteiger partial charge in [-0.2, -0.15) is 0 Å². The van der Waals surface area contributed by atoms with E-state index in [2.05, 4.69) is 31.6 Å². The number of pyridine rings is 2. The van der Waals surface area contributed by atoms with Crippen LogP contribution < -0.4 is 10.2 Å². The summed E-state index contributed by atoms with van der Waals surface area (Å²) >= 11 is 0. The first kappa shape index (κ1) is 20.1. The van der Waals surface area contributed by atoms with Gasteiger partial charge in [-0.15, -0.1) is 5.10 Å². The standard InChI is InChI=1S/C25H27FN8/c1-16-23(34-12-20(30-31-34)18-8-19(10-28-9-18)32-6-3-7-32)33-11-17(4-5-21(33)29-16)22-24(15-27-2)13-25(22,26)14-24/h4-5,8-12,22,27H,3,6-7,13-15H2,1-2H3. The molecular formula is C25H27FN8. The quantitative estimate of drug-likeness (QED) is 0.478. The van der Waals surface area contributed by atoms with Gasteiger partial charge in [0.15, 0.2) is 5.82 Å². The van der Waals surface area contributed by atoms with Crippen LogP contribution in [0.3, 0.4) is 0 Å². The van der Waals surface area contributed by atoms with Gasteiger partial charge in [0.25, 0.3) is 0 Å². The maximum atomic E-state index is 15.2. The number of alkyl halides is 1. The van der Waals surface area contributed by atoms with Crippen molar-refractivity contribution < 1.29 is 4.39 Å². The molecule has 9 heteroatoms. The second-order valence-corrected chi connectivity index (χ2v) is 10.2. The molecule has 0 radical (unpaired) electrons. The Hall–Kier alpha value is -3.33. The van der Waals surface area contributed by atoms with E-state index in [1.807, 2.05) is 55.3 Å². The van der Waals surface area contributed by atoms with Crippen LogP contribution in [-0.4, -0.2) is 61.7 Å². The Morgan fingerprint density at radius 2 is 2.03 bits per heavy atom. The highest BCUT2D eigenvalue weighted by Crippen LogP contribution is 2.77. The molecule has 2 bridgehead atoms. The molecule has 0 spiro atoms. The summed E-state index contributed by atoms with van der Waals surface area (Å²) in [4.78, 5) is 11.4. The first-order valence-electron chi connectivity index (χ1n) is 11.9. The van der Waals surface area contributed by atoms with E-state index in [1.54, 1.807) is 4.68 Å². The summed E-state index contributed by atoms with van der Waals surface area (Å²) in [5.74, 6) is 0.750. The number of anilines is 1. The van der Waals surface area contributed by atoms with Gasteiger partial charge in [0.2, 0.25) is 0 Å². The zero-order chi connectivity index (χ0) is 23.1. The van der Waals surface area contributed by atoms with Crippen LogP contribution in [0.25, 0.3) is 22.7 Å². The minimum absolute atomic E-state index is 0.0296. The molecule has 1 saturated heterocycles. The van der Waals surface area contributed by atoms with Crippen molar-refractivity contribution in [2.75, 3.05) is 31.6 Å². The first-order chi connectivity index (χ1) is 16.5. The molecule has 1 N–H and O–H groups in total. The highest BCUT2D eigenvalue weighted by Gasteiger charge is 2.76. The highest BCUT2D eigenvalue weighted by molar-refractivity contribution is 5.64. The second kappa shape index (κ2) is 6.85. The average Bonchev–Trinajstić information content (AvgIpc) is 3.35. The lowest BCUT2D eigenvalue weighted by Crippen LogP contribution is -2.73. The van der Waals surface area contributed by atoms with E-state index in [1.165, 1.54) is 6.42 Å². The lowest BCUT2D eigenvalue weighted by atomic mass is 9.34. The molecule has 5 heterocycles. The van der Waals surface area contributed by atoms with Gasteiger partial charge in [-0.25, -0.2) is 14.1 Å².